The molecule has 0 bridgehead atoms. The highest BCUT2D eigenvalue weighted by Crippen LogP contribution is 2.28. The second-order valence-electron chi connectivity index (χ2n) is 3.65. The van der Waals surface area contributed by atoms with E-state index in [0.717, 1.165) is 0 Å². The van der Waals surface area contributed by atoms with Crippen molar-refractivity contribution in [3.05, 3.63) is 28.3 Å². The van der Waals surface area contributed by atoms with Gasteiger partial charge >= 0.3 is 5.97 Å². The molecule has 0 fully saturated rings. The topological polar surface area (TPSA) is 60.4 Å². The Morgan fingerprint density at radius 1 is 1.39 bits per heavy atom. The van der Waals surface area contributed by atoms with Crippen LogP contribution in [0.3, 0.4) is 0 Å². The van der Waals surface area contributed by atoms with Gasteiger partial charge in [-0.15, -0.1) is 0 Å². The molecule has 0 aliphatic carbocycles. The van der Waals surface area contributed by atoms with Crippen LogP contribution >= 0.6 is 22.3 Å². The van der Waals surface area contributed by atoms with Crippen molar-refractivity contribution in [1.29, 1.82) is 0 Å². The monoisotopic (exact) mass is 310 g/mol. The quantitative estimate of drug-likeness (QED) is 0.633. The number of hydrogen-bond donors (Lipinski definition) is 0. The van der Waals surface area contributed by atoms with Gasteiger partial charge in [-0.05, 0) is 31.0 Å². The summed E-state index contributed by atoms with van der Waals surface area (Å²) in [5, 5.41) is 0.153. The van der Waals surface area contributed by atoms with Gasteiger partial charge in [0.25, 0.3) is 9.05 Å². The zero-order chi connectivity index (χ0) is 13.9. The standard InChI is InChI=1S/C11H12Cl2O4S/c1-3-4-17-11(14)8-5-9(12)7(2)10(6-8)18(13,15)16/h5-6H,3-4H2,1-2H3. The van der Waals surface area contributed by atoms with Crippen LogP contribution in [0, 0.1) is 6.92 Å². The van der Waals surface area contributed by atoms with E-state index in [0.29, 0.717) is 12.0 Å². The molecule has 0 N–H and O–H groups in total. The third kappa shape index (κ3) is 3.60. The van der Waals surface area contributed by atoms with E-state index < -0.39 is 15.0 Å². The molecule has 0 saturated carbocycles. The molecule has 0 aromatic heterocycles. The van der Waals surface area contributed by atoms with Crippen LogP contribution in [0.1, 0.15) is 29.3 Å². The summed E-state index contributed by atoms with van der Waals surface area (Å²) >= 11 is 5.87. The van der Waals surface area contributed by atoms with Crippen LogP contribution < -0.4 is 0 Å². The van der Waals surface area contributed by atoms with Gasteiger partial charge in [0.1, 0.15) is 0 Å². The Hall–Kier alpha value is -0.780. The van der Waals surface area contributed by atoms with Gasteiger partial charge in [-0.1, -0.05) is 18.5 Å². The van der Waals surface area contributed by atoms with Crippen molar-refractivity contribution in [2.75, 3.05) is 6.61 Å². The van der Waals surface area contributed by atoms with Gasteiger partial charge in [0.2, 0.25) is 0 Å². The molecule has 100 valence electrons. The van der Waals surface area contributed by atoms with Gasteiger partial charge in [-0.2, -0.15) is 0 Å². The lowest BCUT2D eigenvalue weighted by Crippen LogP contribution is -2.08. The van der Waals surface area contributed by atoms with Crippen molar-refractivity contribution < 1.29 is 17.9 Å². The molecule has 1 aromatic carbocycles. The van der Waals surface area contributed by atoms with Crippen molar-refractivity contribution in [2.45, 2.75) is 25.2 Å². The third-order valence-electron chi connectivity index (χ3n) is 2.23. The van der Waals surface area contributed by atoms with Crippen LogP contribution in [-0.2, 0) is 13.8 Å². The van der Waals surface area contributed by atoms with Crippen molar-refractivity contribution >= 4 is 37.3 Å². The molecule has 7 heteroatoms. The Morgan fingerprint density at radius 2 is 2.00 bits per heavy atom. The van der Waals surface area contributed by atoms with E-state index in [-0.39, 0.29) is 22.1 Å². The number of ether oxygens (including phenoxy) is 1. The lowest BCUT2D eigenvalue weighted by atomic mass is 10.1. The first-order chi connectivity index (χ1) is 8.27. The predicted octanol–water partition coefficient (Wildman–Crippen LogP) is 3.14. The summed E-state index contributed by atoms with van der Waals surface area (Å²) in [5.41, 5.74) is 0.372. The van der Waals surface area contributed by atoms with Gasteiger partial charge in [0.15, 0.2) is 0 Å². The number of rotatable bonds is 4. The number of halogens is 2. The third-order valence-corrected chi connectivity index (χ3v) is 4.07. The normalized spacial score (nSPS) is 11.3. The summed E-state index contributed by atoms with van der Waals surface area (Å²) in [6.45, 7) is 3.62. The first-order valence-corrected chi connectivity index (χ1v) is 7.88. The van der Waals surface area contributed by atoms with E-state index in [2.05, 4.69) is 0 Å². The maximum atomic E-state index is 11.6. The Morgan fingerprint density at radius 3 is 2.50 bits per heavy atom. The first-order valence-electron chi connectivity index (χ1n) is 5.19. The van der Waals surface area contributed by atoms with E-state index in [9.17, 15) is 13.2 Å². The molecule has 0 aliphatic heterocycles. The highest BCUT2D eigenvalue weighted by atomic mass is 35.7. The zero-order valence-corrected chi connectivity index (χ0v) is 12.2. The highest BCUT2D eigenvalue weighted by molar-refractivity contribution is 8.13. The Labute approximate surface area is 115 Å². The largest absolute Gasteiger partial charge is 0.462 e. The summed E-state index contributed by atoms with van der Waals surface area (Å²) in [4.78, 5) is 11.4. The molecule has 0 saturated heterocycles. The van der Waals surface area contributed by atoms with Crippen molar-refractivity contribution in [2.24, 2.45) is 0 Å². The lowest BCUT2D eigenvalue weighted by Gasteiger charge is -2.08. The summed E-state index contributed by atoms with van der Waals surface area (Å²) in [6, 6.07) is 2.53. The van der Waals surface area contributed by atoms with E-state index >= 15 is 0 Å². The summed E-state index contributed by atoms with van der Waals surface area (Å²) in [7, 11) is 1.33. The van der Waals surface area contributed by atoms with Gasteiger partial charge in [0, 0.05) is 15.7 Å². The van der Waals surface area contributed by atoms with Gasteiger partial charge in [-0.3, -0.25) is 0 Å². The molecule has 0 heterocycles. The Balaban J connectivity index is 3.25. The Bertz CT molecular complexity index is 567. The molecule has 18 heavy (non-hydrogen) atoms. The van der Waals surface area contributed by atoms with Gasteiger partial charge in [0.05, 0.1) is 17.1 Å². The molecule has 0 radical (unpaired) electrons. The molecule has 4 nitrogen and oxygen atoms in total. The van der Waals surface area contributed by atoms with E-state index in [1.165, 1.54) is 19.1 Å². The van der Waals surface area contributed by atoms with Crippen molar-refractivity contribution in [3.8, 4) is 0 Å². The minimum atomic E-state index is -3.95. The number of esters is 1. The summed E-state index contributed by atoms with van der Waals surface area (Å²) < 4.78 is 27.6. The fraction of sp³-hybridized carbons (Fsp3) is 0.364. The van der Waals surface area contributed by atoms with Crippen LogP contribution in [0.15, 0.2) is 17.0 Å². The number of hydrogen-bond acceptors (Lipinski definition) is 4. The average Bonchev–Trinajstić information content (AvgIpc) is 2.27. The summed E-state index contributed by atoms with van der Waals surface area (Å²) in [6.07, 6.45) is 0.673. The number of carbonyl (C=O) groups excluding carboxylic acids is 1. The maximum absolute atomic E-state index is 11.6. The molecule has 0 atom stereocenters. The SMILES string of the molecule is CCCOC(=O)c1cc(Cl)c(C)c(S(=O)(=O)Cl)c1. The fourth-order valence-corrected chi connectivity index (χ4v) is 2.80. The molecule has 0 unspecified atom stereocenters. The van der Waals surface area contributed by atoms with E-state index in [1.807, 2.05) is 6.92 Å². The molecule has 0 amide bonds. The van der Waals surface area contributed by atoms with Crippen LogP contribution in [0.25, 0.3) is 0 Å². The minimum Gasteiger partial charge on any atom is -0.462 e. The number of benzene rings is 1. The first kappa shape index (κ1) is 15.3. The predicted molar refractivity (Wildman–Crippen MR) is 69.8 cm³/mol. The molecule has 1 aromatic rings. The zero-order valence-electron chi connectivity index (χ0n) is 9.87. The minimum absolute atomic E-state index is 0.0678. The van der Waals surface area contributed by atoms with Crippen LogP contribution in [-0.4, -0.2) is 21.0 Å². The van der Waals surface area contributed by atoms with Crippen LogP contribution in [0.2, 0.25) is 5.02 Å². The maximum Gasteiger partial charge on any atom is 0.338 e. The number of carbonyl (C=O) groups is 1. The summed E-state index contributed by atoms with van der Waals surface area (Å²) in [5.74, 6) is -0.625. The van der Waals surface area contributed by atoms with E-state index in [1.54, 1.807) is 0 Å². The second kappa shape index (κ2) is 5.91. The Kier molecular flexibility index (Phi) is 5.01. The van der Waals surface area contributed by atoms with Gasteiger partial charge in [-0.25, -0.2) is 13.2 Å². The van der Waals surface area contributed by atoms with Crippen LogP contribution in [0.4, 0.5) is 0 Å². The molecular weight excluding hydrogens is 299 g/mol. The molecule has 1 rings (SSSR count). The van der Waals surface area contributed by atoms with Crippen molar-refractivity contribution in [3.63, 3.8) is 0 Å². The average molecular weight is 311 g/mol. The van der Waals surface area contributed by atoms with Crippen LogP contribution in [0.5, 0.6) is 0 Å². The fourth-order valence-electron chi connectivity index (χ4n) is 1.30. The van der Waals surface area contributed by atoms with Crippen molar-refractivity contribution in [1.82, 2.24) is 0 Å². The smallest absolute Gasteiger partial charge is 0.338 e. The molecule has 0 spiro atoms. The molecular formula is C11H12Cl2O4S. The van der Waals surface area contributed by atoms with E-state index in [4.69, 9.17) is 27.0 Å². The lowest BCUT2D eigenvalue weighted by molar-refractivity contribution is 0.0505. The second-order valence-corrected chi connectivity index (χ2v) is 6.60. The van der Waals surface area contributed by atoms with Gasteiger partial charge < -0.3 is 4.74 Å². The molecule has 0 aliphatic rings. The highest BCUT2D eigenvalue weighted by Gasteiger charge is 2.19.